The summed E-state index contributed by atoms with van der Waals surface area (Å²) < 4.78 is 5.47. The molecule has 2 aliphatic carbocycles. The maximum absolute atomic E-state index is 15.5. The number of allylic oxidation sites excluding steroid dienone is 2. The van der Waals surface area contributed by atoms with Gasteiger partial charge in [-0.25, -0.2) is 0 Å². The molecule has 4 aromatic carbocycles. The minimum Gasteiger partial charge on any atom is -0.508 e. The first kappa shape index (κ1) is 35.6. The molecule has 8 rings (SSSR count). The number of hydrogen-bond donors (Lipinski definition) is 3. The second kappa shape index (κ2) is 13.5. The summed E-state index contributed by atoms with van der Waals surface area (Å²) in [4.78, 5) is 71.1. The number of likely N-dealkylation sites (tertiary alicyclic amines) is 1. The van der Waals surface area contributed by atoms with Crippen molar-refractivity contribution < 1.29 is 38.9 Å². The summed E-state index contributed by atoms with van der Waals surface area (Å²) in [6.45, 7) is -0.0389. The number of methoxy groups -OCH3 is 1. The van der Waals surface area contributed by atoms with Crippen molar-refractivity contribution >= 4 is 69.3 Å². The predicted molar refractivity (Wildman–Crippen MR) is 200 cm³/mol. The van der Waals surface area contributed by atoms with E-state index in [-0.39, 0.29) is 54.6 Å². The van der Waals surface area contributed by atoms with E-state index in [4.69, 9.17) is 27.9 Å². The number of phenols is 1. The standard InChI is InChI=1S/C41H35Cl2N3O8/c1-54-24-12-9-22(10-13-24)41-29(38(51)46(40(41)53)44-31-16-11-23(42)19-30(31)43)20-28-26(36(41)35-25-6-3-2-5-21(25)8-17-32(35)47)14-15-27-34(28)39(52)45(37(27)50)18-4-7-33(48)49/h2-3,5-6,8-14,16-17,19,27-29,34,36,44,47H,4,7,15,18,20H2,1H3,(H,48,49). The van der Waals surface area contributed by atoms with E-state index in [2.05, 4.69) is 5.43 Å². The Kier molecular flexibility index (Phi) is 8.89. The molecule has 2 saturated heterocycles. The summed E-state index contributed by atoms with van der Waals surface area (Å²) in [5, 5.41) is 24.1. The number of hydrogen-bond acceptors (Lipinski definition) is 8. The highest BCUT2D eigenvalue weighted by Crippen LogP contribution is 2.65. The molecule has 0 spiro atoms. The Morgan fingerprint density at radius 1 is 0.944 bits per heavy atom. The molecule has 1 saturated carbocycles. The first-order valence-corrected chi connectivity index (χ1v) is 18.4. The molecule has 276 valence electrons. The molecule has 0 radical (unpaired) electrons. The van der Waals surface area contributed by atoms with Gasteiger partial charge in [0, 0.05) is 29.5 Å². The number of nitrogens with one attached hydrogen (secondary N) is 1. The maximum Gasteiger partial charge on any atom is 0.303 e. The van der Waals surface area contributed by atoms with Gasteiger partial charge in [-0.1, -0.05) is 77.3 Å². The van der Waals surface area contributed by atoms with Crippen molar-refractivity contribution in [3.63, 3.8) is 0 Å². The second-order valence-electron chi connectivity index (χ2n) is 14.3. The number of carbonyl (C=O) groups excluding carboxylic acids is 4. The number of imide groups is 2. The van der Waals surface area contributed by atoms with E-state index >= 15 is 4.79 Å². The number of carboxylic acid groups (broad SMARTS) is 1. The lowest BCUT2D eigenvalue weighted by molar-refractivity contribution is -0.142. The molecule has 3 fully saturated rings. The third-order valence-corrected chi connectivity index (χ3v) is 12.2. The quantitative estimate of drug-likeness (QED) is 0.125. The average molecular weight is 769 g/mol. The van der Waals surface area contributed by atoms with Crippen LogP contribution < -0.4 is 10.2 Å². The normalized spacial score (nSPS) is 26.1. The number of anilines is 1. The van der Waals surface area contributed by atoms with Gasteiger partial charge >= 0.3 is 5.97 Å². The maximum atomic E-state index is 15.5. The zero-order valence-electron chi connectivity index (χ0n) is 29.0. The van der Waals surface area contributed by atoms with Gasteiger partial charge < -0.3 is 14.9 Å². The number of benzene rings is 4. The fourth-order valence-corrected chi connectivity index (χ4v) is 9.87. The number of aliphatic carboxylic acids is 1. The van der Waals surface area contributed by atoms with E-state index in [1.54, 1.807) is 48.5 Å². The van der Waals surface area contributed by atoms with Gasteiger partial charge in [0.1, 0.15) is 11.5 Å². The van der Waals surface area contributed by atoms with Crippen molar-refractivity contribution in [2.75, 3.05) is 19.1 Å². The van der Waals surface area contributed by atoms with Crippen LogP contribution in [0.25, 0.3) is 10.8 Å². The van der Waals surface area contributed by atoms with Crippen LogP contribution in [0.1, 0.15) is 42.7 Å². The van der Waals surface area contributed by atoms with Gasteiger partial charge in [0.2, 0.25) is 11.8 Å². The topological polar surface area (TPSA) is 154 Å². The number of nitrogens with zero attached hydrogens (tertiary/aromatic N) is 2. The lowest BCUT2D eigenvalue weighted by Crippen LogP contribution is -2.53. The van der Waals surface area contributed by atoms with Crippen molar-refractivity contribution in [2.24, 2.45) is 23.7 Å². The molecular formula is C41H35Cl2N3O8. The molecule has 4 amide bonds. The summed E-state index contributed by atoms with van der Waals surface area (Å²) in [5.74, 6) is -6.85. The van der Waals surface area contributed by atoms with E-state index < -0.39 is 58.7 Å². The number of carbonyl (C=O) groups is 5. The van der Waals surface area contributed by atoms with Crippen LogP contribution in [0, 0.1) is 23.7 Å². The van der Waals surface area contributed by atoms with Gasteiger partial charge in [0.05, 0.1) is 41.0 Å². The highest BCUT2D eigenvalue weighted by Gasteiger charge is 2.70. The minimum atomic E-state index is -1.65. The average Bonchev–Trinajstić information content (AvgIpc) is 3.53. The van der Waals surface area contributed by atoms with Gasteiger partial charge in [0.15, 0.2) is 0 Å². The third kappa shape index (κ3) is 5.35. The number of amides is 4. The van der Waals surface area contributed by atoms with Crippen LogP contribution in [0.5, 0.6) is 11.5 Å². The van der Waals surface area contributed by atoms with Crippen molar-refractivity contribution in [3.8, 4) is 11.5 Å². The summed E-state index contributed by atoms with van der Waals surface area (Å²) in [7, 11) is 1.53. The van der Waals surface area contributed by atoms with E-state index in [0.717, 1.165) is 15.3 Å². The second-order valence-corrected chi connectivity index (χ2v) is 15.1. The van der Waals surface area contributed by atoms with Crippen molar-refractivity contribution in [3.05, 3.63) is 112 Å². The Morgan fingerprint density at radius 3 is 2.43 bits per heavy atom. The Morgan fingerprint density at radius 2 is 1.70 bits per heavy atom. The van der Waals surface area contributed by atoms with Crippen molar-refractivity contribution in [1.29, 1.82) is 0 Å². The lowest BCUT2D eigenvalue weighted by Gasteiger charge is -2.51. The van der Waals surface area contributed by atoms with Crippen LogP contribution in [0.2, 0.25) is 10.0 Å². The highest BCUT2D eigenvalue weighted by molar-refractivity contribution is 6.36. The number of fused-ring (bicyclic) bond motifs is 5. The fourth-order valence-electron chi connectivity index (χ4n) is 9.42. The largest absolute Gasteiger partial charge is 0.508 e. The summed E-state index contributed by atoms with van der Waals surface area (Å²) in [6, 6.07) is 22.4. The van der Waals surface area contributed by atoms with E-state index in [9.17, 15) is 29.4 Å². The van der Waals surface area contributed by atoms with Crippen LogP contribution in [-0.2, 0) is 29.4 Å². The molecule has 4 aromatic rings. The lowest BCUT2D eigenvalue weighted by atomic mass is 9.48. The molecular weight excluding hydrogens is 733 g/mol. The zero-order chi connectivity index (χ0) is 38.1. The summed E-state index contributed by atoms with van der Waals surface area (Å²) in [6.07, 6.45) is 2.04. The number of rotatable bonds is 9. The number of halogens is 2. The summed E-state index contributed by atoms with van der Waals surface area (Å²) in [5.41, 5.74) is 3.19. The number of hydrazine groups is 1. The highest BCUT2D eigenvalue weighted by atomic mass is 35.5. The SMILES string of the molecule is COc1ccc(C23C(=O)N(Nc4ccc(Cl)cc4Cl)C(=O)C2CC2C(=CCC4C(=O)N(CCCC(=O)O)C(=O)C42)C3c2c(O)ccc3ccccc23)cc1. The molecule has 4 aliphatic rings. The Balaban J connectivity index is 1.36. The molecule has 54 heavy (non-hydrogen) atoms. The van der Waals surface area contributed by atoms with Crippen LogP contribution in [0.3, 0.4) is 0 Å². The smallest absolute Gasteiger partial charge is 0.303 e. The first-order chi connectivity index (χ1) is 26.0. The third-order valence-electron chi connectivity index (χ3n) is 11.7. The Bertz CT molecular complexity index is 2290. The van der Waals surface area contributed by atoms with Crippen LogP contribution in [0.15, 0.2) is 90.5 Å². The molecule has 3 N–H and O–H groups in total. The predicted octanol–water partition coefficient (Wildman–Crippen LogP) is 6.71. The molecule has 0 aromatic heterocycles. The molecule has 0 bridgehead atoms. The van der Waals surface area contributed by atoms with E-state index in [0.29, 0.717) is 32.9 Å². The Labute approximate surface area is 320 Å². The molecule has 6 atom stereocenters. The van der Waals surface area contributed by atoms with Gasteiger partial charge in [0.25, 0.3) is 11.8 Å². The monoisotopic (exact) mass is 767 g/mol. The number of ether oxygens (including phenoxy) is 1. The molecule has 6 unspecified atom stereocenters. The van der Waals surface area contributed by atoms with Crippen molar-refractivity contribution in [1.82, 2.24) is 9.91 Å². The van der Waals surface area contributed by atoms with Gasteiger partial charge in [-0.05, 0) is 77.9 Å². The summed E-state index contributed by atoms with van der Waals surface area (Å²) >= 11 is 12.7. The van der Waals surface area contributed by atoms with Crippen LogP contribution in [-0.4, -0.2) is 63.4 Å². The molecule has 2 heterocycles. The van der Waals surface area contributed by atoms with Gasteiger partial charge in [-0.2, -0.15) is 5.01 Å². The molecule has 13 heteroatoms. The fraction of sp³-hybridized carbons (Fsp3) is 0.293. The minimum absolute atomic E-state index is 0.0389. The van der Waals surface area contributed by atoms with Crippen LogP contribution in [0.4, 0.5) is 5.69 Å². The van der Waals surface area contributed by atoms with Crippen molar-refractivity contribution in [2.45, 2.75) is 37.0 Å². The number of aromatic hydroxyl groups is 1. The van der Waals surface area contributed by atoms with Gasteiger partial charge in [-0.15, -0.1) is 0 Å². The van der Waals surface area contributed by atoms with Gasteiger partial charge in [-0.3, -0.25) is 34.3 Å². The molecule has 2 aliphatic heterocycles. The van der Waals surface area contributed by atoms with Crippen LogP contribution >= 0.6 is 23.2 Å². The zero-order valence-corrected chi connectivity index (χ0v) is 30.5. The number of carboxylic acids is 1. The Hall–Kier alpha value is -5.39. The van der Waals surface area contributed by atoms with E-state index in [1.807, 2.05) is 30.3 Å². The first-order valence-electron chi connectivity index (χ1n) is 17.7. The molecule has 11 nitrogen and oxygen atoms in total. The van der Waals surface area contributed by atoms with E-state index in [1.165, 1.54) is 13.2 Å². The number of phenolic OH excluding ortho intramolecular Hbond substituents is 1.